The van der Waals surface area contributed by atoms with Gasteiger partial charge in [0.05, 0.1) is 12.3 Å². The second-order valence-corrected chi connectivity index (χ2v) is 6.03. The van der Waals surface area contributed by atoms with Gasteiger partial charge in [0.2, 0.25) is 15.9 Å². The van der Waals surface area contributed by atoms with Crippen molar-refractivity contribution in [1.29, 1.82) is 0 Å². The van der Waals surface area contributed by atoms with E-state index in [2.05, 4.69) is 10.0 Å². The summed E-state index contributed by atoms with van der Waals surface area (Å²) in [7, 11) is -3.19. The first kappa shape index (κ1) is 19.0. The number of rotatable bonds is 7. The number of amides is 1. The number of hydrogen-bond donors (Lipinski definition) is 3. The molecule has 0 bridgehead atoms. The van der Waals surface area contributed by atoms with E-state index in [0.29, 0.717) is 12.3 Å². The maximum absolute atomic E-state index is 11.4. The SMILES string of the molecule is CC(C)C[C@H](N)C(=O)NCCNS(C)(=O)=O.Cl. The summed E-state index contributed by atoms with van der Waals surface area (Å²) in [5, 5.41) is 2.57. The summed E-state index contributed by atoms with van der Waals surface area (Å²) in [6.07, 6.45) is 1.69. The molecule has 0 radical (unpaired) electrons. The summed E-state index contributed by atoms with van der Waals surface area (Å²) < 4.78 is 23.7. The Hall–Kier alpha value is -0.370. The van der Waals surface area contributed by atoms with Crippen LogP contribution < -0.4 is 15.8 Å². The van der Waals surface area contributed by atoms with Gasteiger partial charge in [0.1, 0.15) is 0 Å². The Kier molecular flexibility index (Phi) is 9.69. The van der Waals surface area contributed by atoms with Crippen LogP contribution in [0.1, 0.15) is 20.3 Å². The van der Waals surface area contributed by atoms with Gasteiger partial charge in [-0.3, -0.25) is 4.79 Å². The molecule has 0 aliphatic heterocycles. The number of carbonyl (C=O) groups is 1. The minimum absolute atomic E-state index is 0. The smallest absolute Gasteiger partial charge is 0.236 e. The lowest BCUT2D eigenvalue weighted by Gasteiger charge is -2.14. The van der Waals surface area contributed by atoms with E-state index in [1.165, 1.54) is 0 Å². The summed E-state index contributed by atoms with van der Waals surface area (Å²) >= 11 is 0. The molecular formula is C9H22ClN3O3S. The van der Waals surface area contributed by atoms with Crippen LogP contribution in [-0.2, 0) is 14.8 Å². The molecule has 1 amide bonds. The largest absolute Gasteiger partial charge is 0.353 e. The van der Waals surface area contributed by atoms with Crippen molar-refractivity contribution in [3.05, 3.63) is 0 Å². The molecular weight excluding hydrogens is 266 g/mol. The van der Waals surface area contributed by atoms with E-state index in [4.69, 9.17) is 5.73 Å². The normalized spacial score (nSPS) is 13.0. The number of hydrogen-bond acceptors (Lipinski definition) is 4. The minimum Gasteiger partial charge on any atom is -0.353 e. The molecule has 0 rings (SSSR count). The molecule has 0 heterocycles. The Morgan fingerprint density at radius 2 is 1.82 bits per heavy atom. The van der Waals surface area contributed by atoms with Crippen molar-refractivity contribution in [1.82, 2.24) is 10.0 Å². The predicted octanol–water partition coefficient (Wildman–Crippen LogP) is -0.553. The van der Waals surface area contributed by atoms with Crippen LogP contribution in [0.25, 0.3) is 0 Å². The molecule has 17 heavy (non-hydrogen) atoms. The topological polar surface area (TPSA) is 101 Å². The van der Waals surface area contributed by atoms with Crippen molar-refractivity contribution in [2.75, 3.05) is 19.3 Å². The van der Waals surface area contributed by atoms with Gasteiger partial charge in [0, 0.05) is 13.1 Å². The van der Waals surface area contributed by atoms with Crippen molar-refractivity contribution < 1.29 is 13.2 Å². The molecule has 8 heteroatoms. The van der Waals surface area contributed by atoms with Crippen LogP contribution in [0.5, 0.6) is 0 Å². The van der Waals surface area contributed by atoms with E-state index in [0.717, 1.165) is 6.26 Å². The number of carbonyl (C=O) groups excluding carboxylic acids is 1. The fourth-order valence-corrected chi connectivity index (χ4v) is 1.64. The van der Waals surface area contributed by atoms with Crippen LogP contribution in [0.3, 0.4) is 0 Å². The van der Waals surface area contributed by atoms with E-state index in [1.54, 1.807) is 0 Å². The molecule has 0 unspecified atom stereocenters. The number of sulfonamides is 1. The Morgan fingerprint density at radius 1 is 1.29 bits per heavy atom. The molecule has 0 aromatic heterocycles. The van der Waals surface area contributed by atoms with Crippen molar-refractivity contribution in [3.8, 4) is 0 Å². The first-order valence-electron chi connectivity index (χ1n) is 5.20. The highest BCUT2D eigenvalue weighted by atomic mass is 35.5. The fourth-order valence-electron chi connectivity index (χ4n) is 1.17. The predicted molar refractivity (Wildman–Crippen MR) is 70.5 cm³/mol. The summed E-state index contributed by atoms with van der Waals surface area (Å²) in [6.45, 7) is 4.40. The maximum atomic E-state index is 11.4. The lowest BCUT2D eigenvalue weighted by Crippen LogP contribution is -2.44. The molecule has 0 saturated heterocycles. The Bertz CT molecular complexity index is 319. The molecule has 0 aliphatic rings. The van der Waals surface area contributed by atoms with Gasteiger partial charge in [-0.05, 0) is 12.3 Å². The lowest BCUT2D eigenvalue weighted by atomic mass is 10.0. The molecule has 4 N–H and O–H groups in total. The highest BCUT2D eigenvalue weighted by molar-refractivity contribution is 7.88. The molecule has 1 atom stereocenters. The van der Waals surface area contributed by atoms with Gasteiger partial charge in [0.15, 0.2) is 0 Å². The zero-order chi connectivity index (χ0) is 12.8. The second-order valence-electron chi connectivity index (χ2n) is 4.19. The monoisotopic (exact) mass is 287 g/mol. The summed E-state index contributed by atoms with van der Waals surface area (Å²) in [5.74, 6) is 0.110. The third-order valence-electron chi connectivity index (χ3n) is 1.85. The number of halogens is 1. The minimum atomic E-state index is -3.19. The molecule has 6 nitrogen and oxygen atoms in total. The lowest BCUT2D eigenvalue weighted by molar-refractivity contribution is -0.122. The first-order chi connectivity index (χ1) is 7.22. The van der Waals surface area contributed by atoms with Crippen molar-refractivity contribution in [3.63, 3.8) is 0 Å². The standard InChI is InChI=1S/C9H21N3O3S.ClH/c1-7(2)6-8(10)9(13)11-4-5-12-16(3,14)15;/h7-8,12H,4-6,10H2,1-3H3,(H,11,13);1H/t8-;/m0./s1. The van der Waals surface area contributed by atoms with Gasteiger partial charge in [-0.15, -0.1) is 12.4 Å². The zero-order valence-corrected chi connectivity index (χ0v) is 12.0. The van der Waals surface area contributed by atoms with Gasteiger partial charge in [-0.25, -0.2) is 13.1 Å². The summed E-state index contributed by atoms with van der Waals surface area (Å²) in [4.78, 5) is 11.4. The van der Waals surface area contributed by atoms with Crippen LogP contribution in [0.2, 0.25) is 0 Å². The molecule has 0 aliphatic carbocycles. The van der Waals surface area contributed by atoms with Crippen LogP contribution in [0.4, 0.5) is 0 Å². The Balaban J connectivity index is 0. The molecule has 0 aromatic carbocycles. The summed E-state index contributed by atoms with van der Waals surface area (Å²) in [6, 6.07) is -0.529. The first-order valence-corrected chi connectivity index (χ1v) is 7.09. The Labute approximate surface area is 109 Å². The van der Waals surface area contributed by atoms with E-state index in [-0.39, 0.29) is 31.4 Å². The van der Waals surface area contributed by atoms with Gasteiger partial charge in [0.25, 0.3) is 0 Å². The van der Waals surface area contributed by atoms with Crippen LogP contribution in [0.15, 0.2) is 0 Å². The molecule has 0 saturated carbocycles. The van der Waals surface area contributed by atoms with E-state index in [1.807, 2.05) is 13.8 Å². The quantitative estimate of drug-likeness (QED) is 0.547. The van der Waals surface area contributed by atoms with Gasteiger partial charge in [-0.2, -0.15) is 0 Å². The number of nitrogens with one attached hydrogen (secondary N) is 2. The van der Waals surface area contributed by atoms with Crippen molar-refractivity contribution >= 4 is 28.3 Å². The van der Waals surface area contributed by atoms with Crippen molar-refractivity contribution in [2.45, 2.75) is 26.3 Å². The van der Waals surface area contributed by atoms with Crippen LogP contribution in [0, 0.1) is 5.92 Å². The number of nitrogens with two attached hydrogens (primary N) is 1. The molecule has 0 fully saturated rings. The van der Waals surface area contributed by atoms with Gasteiger partial charge in [-0.1, -0.05) is 13.8 Å². The molecule has 104 valence electrons. The van der Waals surface area contributed by atoms with Crippen LogP contribution in [-0.4, -0.2) is 39.7 Å². The molecule has 0 spiro atoms. The highest BCUT2D eigenvalue weighted by Gasteiger charge is 2.14. The average molecular weight is 288 g/mol. The zero-order valence-electron chi connectivity index (χ0n) is 10.4. The fraction of sp³-hybridized carbons (Fsp3) is 0.889. The van der Waals surface area contributed by atoms with Gasteiger partial charge >= 0.3 is 0 Å². The van der Waals surface area contributed by atoms with Crippen LogP contribution >= 0.6 is 12.4 Å². The average Bonchev–Trinajstić information content (AvgIpc) is 2.09. The van der Waals surface area contributed by atoms with E-state index >= 15 is 0 Å². The Morgan fingerprint density at radius 3 is 2.24 bits per heavy atom. The van der Waals surface area contributed by atoms with E-state index < -0.39 is 16.1 Å². The van der Waals surface area contributed by atoms with E-state index in [9.17, 15) is 13.2 Å². The third-order valence-corrected chi connectivity index (χ3v) is 2.58. The maximum Gasteiger partial charge on any atom is 0.236 e. The second kappa shape index (κ2) is 8.68. The highest BCUT2D eigenvalue weighted by Crippen LogP contribution is 2.01. The van der Waals surface area contributed by atoms with Crippen molar-refractivity contribution in [2.24, 2.45) is 11.7 Å². The summed E-state index contributed by atoms with van der Waals surface area (Å²) in [5.41, 5.74) is 5.64. The molecule has 0 aromatic rings. The van der Waals surface area contributed by atoms with Gasteiger partial charge < -0.3 is 11.1 Å². The third kappa shape index (κ3) is 11.9.